The largest absolute Gasteiger partial charge is 3.00 e. The van der Waals surface area contributed by atoms with Crippen LogP contribution < -0.4 is 0 Å². The van der Waals surface area contributed by atoms with Crippen molar-refractivity contribution in [3.8, 4) is 0 Å². The molecular formula is EuLaO3. The molecule has 0 aliphatic heterocycles. The molecule has 0 saturated carbocycles. The maximum Gasteiger partial charge on any atom is 3.00 e. The zero-order valence-electron chi connectivity index (χ0n) is 2.18. The van der Waals surface area contributed by atoms with Crippen LogP contribution in [-0.4, -0.2) is 0 Å². The molecule has 5 heavy (non-hydrogen) atoms. The summed E-state index contributed by atoms with van der Waals surface area (Å²) in [5.74, 6) is 0. The molecule has 0 spiro atoms. The van der Waals surface area contributed by atoms with Gasteiger partial charge in [0.05, 0.1) is 0 Å². The van der Waals surface area contributed by atoms with Crippen molar-refractivity contribution in [3.05, 3.63) is 0 Å². The van der Waals surface area contributed by atoms with E-state index in [9.17, 15) is 0 Å². The second-order valence-corrected chi connectivity index (χ2v) is 0. The summed E-state index contributed by atoms with van der Waals surface area (Å²) in [5, 5.41) is 0. The van der Waals surface area contributed by atoms with Gasteiger partial charge in [0.1, 0.15) is 0 Å². The quantitative estimate of drug-likeness (QED) is 0.578. The van der Waals surface area contributed by atoms with Gasteiger partial charge in [-0.15, -0.1) is 0 Å². The molecule has 0 radical (unpaired) electrons. The summed E-state index contributed by atoms with van der Waals surface area (Å²) in [5.41, 5.74) is 0. The third-order valence-electron chi connectivity index (χ3n) is 0. The molecule has 0 amide bonds. The molecule has 0 saturated heterocycles. The van der Waals surface area contributed by atoms with Crippen molar-refractivity contribution in [2.24, 2.45) is 0 Å². The Morgan fingerprint density at radius 1 is 0.600 bits per heavy atom. The van der Waals surface area contributed by atoms with Gasteiger partial charge in [-0.2, -0.15) is 0 Å². The van der Waals surface area contributed by atoms with Gasteiger partial charge in [0.25, 0.3) is 0 Å². The third-order valence-corrected chi connectivity index (χ3v) is 0. The van der Waals surface area contributed by atoms with E-state index in [1.165, 1.54) is 0 Å². The van der Waals surface area contributed by atoms with E-state index in [1.807, 2.05) is 0 Å². The van der Waals surface area contributed by atoms with Gasteiger partial charge in [-0.1, -0.05) is 0 Å². The summed E-state index contributed by atoms with van der Waals surface area (Å²) in [4.78, 5) is 0. The predicted octanol–water partition coefficient (Wildman–Crippen LogP) is -0.356. The van der Waals surface area contributed by atoms with E-state index in [1.54, 1.807) is 0 Å². The minimum absolute atomic E-state index is 0. The fraction of sp³-hybridized carbons (Fsp3) is 0. The second kappa shape index (κ2) is 30.2. The molecule has 0 aromatic carbocycles. The van der Waals surface area contributed by atoms with Crippen molar-refractivity contribution in [3.63, 3.8) is 0 Å². The molecule has 28 valence electrons. The van der Waals surface area contributed by atoms with Gasteiger partial charge < -0.3 is 16.4 Å². The molecule has 0 unspecified atom stereocenters. The van der Waals surface area contributed by atoms with Crippen LogP contribution in [0.15, 0.2) is 0 Å². The molecule has 0 heterocycles. The van der Waals surface area contributed by atoms with Gasteiger partial charge in [0.2, 0.25) is 0 Å². The van der Waals surface area contributed by atoms with Crippen LogP contribution in [0.5, 0.6) is 0 Å². The molecule has 0 atom stereocenters. The minimum Gasteiger partial charge on any atom is -2.00 e. The van der Waals surface area contributed by atoms with Gasteiger partial charge in [0.15, 0.2) is 0 Å². The van der Waals surface area contributed by atoms with E-state index < -0.39 is 0 Å². The normalized spacial score (nSPS) is 0. The summed E-state index contributed by atoms with van der Waals surface area (Å²) in [7, 11) is 0. The summed E-state index contributed by atoms with van der Waals surface area (Å²) >= 11 is 0. The first kappa shape index (κ1) is 48.0. The summed E-state index contributed by atoms with van der Waals surface area (Å²) < 4.78 is 0. The molecule has 0 rings (SSSR count). The molecule has 3 nitrogen and oxygen atoms in total. The Labute approximate surface area is 99.0 Å². The molecule has 0 bridgehead atoms. The zero-order chi connectivity index (χ0) is 0. The summed E-state index contributed by atoms with van der Waals surface area (Å²) in [6, 6.07) is 0. The molecule has 0 N–H and O–H groups in total. The Hall–Kier alpha value is 2.66. The number of rotatable bonds is 0. The average molecular weight is 339 g/mol. The SMILES string of the molecule is [Eu+3].[La+3].[O-2].[O-2].[O-2]. The van der Waals surface area contributed by atoms with Crippen LogP contribution >= 0.6 is 0 Å². The van der Waals surface area contributed by atoms with Crippen molar-refractivity contribution in [2.45, 2.75) is 0 Å². The van der Waals surface area contributed by atoms with Gasteiger partial charge >= 0.3 is 85.0 Å². The topological polar surface area (TPSA) is 85.5 Å². The average Bonchev–Trinajstić information content (AvgIpc) is 0. The van der Waals surface area contributed by atoms with Crippen molar-refractivity contribution < 1.29 is 101 Å². The van der Waals surface area contributed by atoms with Gasteiger partial charge in [-0.05, 0) is 0 Å². The Balaban J connectivity index is 0. The van der Waals surface area contributed by atoms with Crippen molar-refractivity contribution in [1.29, 1.82) is 0 Å². The Morgan fingerprint density at radius 3 is 0.600 bits per heavy atom. The van der Waals surface area contributed by atoms with Crippen LogP contribution in [0.3, 0.4) is 0 Å². The molecule has 0 aliphatic carbocycles. The first-order valence-electron chi connectivity index (χ1n) is 0. The van der Waals surface area contributed by atoms with E-state index in [0.717, 1.165) is 0 Å². The van der Waals surface area contributed by atoms with Gasteiger partial charge in [-0.25, -0.2) is 0 Å². The first-order valence-corrected chi connectivity index (χ1v) is 0. The van der Waals surface area contributed by atoms with E-state index >= 15 is 0 Å². The maximum atomic E-state index is 0. The van der Waals surface area contributed by atoms with Crippen molar-refractivity contribution >= 4 is 0 Å². The Morgan fingerprint density at radius 2 is 0.600 bits per heavy atom. The maximum absolute atomic E-state index is 0. The van der Waals surface area contributed by atoms with E-state index in [0.29, 0.717) is 0 Å². The molecular weight excluding hydrogens is 339 g/mol. The molecule has 5 heteroatoms. The standard InChI is InChI=1S/Eu.La.3O/q2*+3;3*-2. The summed E-state index contributed by atoms with van der Waals surface area (Å²) in [6.45, 7) is 0. The Kier molecular flexibility index (Phi) is 290. The second-order valence-electron chi connectivity index (χ2n) is 0. The zero-order valence-corrected chi connectivity index (χ0v) is 8.23. The van der Waals surface area contributed by atoms with Crippen molar-refractivity contribution in [1.82, 2.24) is 0 Å². The van der Waals surface area contributed by atoms with Crippen LogP contribution in [-0.2, 0) is 16.4 Å². The van der Waals surface area contributed by atoms with Crippen molar-refractivity contribution in [2.75, 3.05) is 0 Å². The fourth-order valence-corrected chi connectivity index (χ4v) is 0. The molecule has 0 aromatic heterocycles. The number of hydrogen-bond acceptors (Lipinski definition) is 0. The molecule has 0 aliphatic rings. The summed E-state index contributed by atoms with van der Waals surface area (Å²) in [6.07, 6.45) is 0. The van der Waals surface area contributed by atoms with Crippen LogP contribution in [0.25, 0.3) is 0 Å². The van der Waals surface area contributed by atoms with Crippen LogP contribution in [0, 0.1) is 85.0 Å². The van der Waals surface area contributed by atoms with Crippen LogP contribution in [0.2, 0.25) is 0 Å². The monoisotopic (exact) mass is 340 g/mol. The van der Waals surface area contributed by atoms with E-state index in [-0.39, 0.29) is 101 Å². The molecule has 0 fully saturated rings. The third kappa shape index (κ3) is 20.4. The van der Waals surface area contributed by atoms with Crippen LogP contribution in [0.4, 0.5) is 0 Å². The van der Waals surface area contributed by atoms with Gasteiger partial charge in [0, 0.05) is 0 Å². The van der Waals surface area contributed by atoms with E-state index in [2.05, 4.69) is 0 Å². The van der Waals surface area contributed by atoms with Crippen LogP contribution in [0.1, 0.15) is 0 Å². The Bertz CT molecular complexity index is 6.85. The van der Waals surface area contributed by atoms with E-state index in [4.69, 9.17) is 0 Å². The predicted molar refractivity (Wildman–Crippen MR) is 2.06 cm³/mol. The smallest absolute Gasteiger partial charge is 2.00 e. The number of hydrogen-bond donors (Lipinski definition) is 0. The minimum atomic E-state index is 0. The fourth-order valence-electron chi connectivity index (χ4n) is 0. The van der Waals surface area contributed by atoms with Gasteiger partial charge in [-0.3, -0.25) is 0 Å². The molecule has 0 aromatic rings. The first-order chi connectivity index (χ1) is 0.